The van der Waals surface area contributed by atoms with Crippen molar-refractivity contribution in [1.82, 2.24) is 4.90 Å². The third-order valence-corrected chi connectivity index (χ3v) is 2.31. The highest BCUT2D eigenvalue weighted by molar-refractivity contribution is 4.94. The maximum Gasteiger partial charge on any atom is 0.0912 e. The minimum Gasteiger partial charge on any atom is -0.386 e. The molecule has 0 radical (unpaired) electrons. The molecule has 1 aliphatic rings. The van der Waals surface area contributed by atoms with Crippen LogP contribution >= 0.6 is 0 Å². The van der Waals surface area contributed by atoms with E-state index in [0.717, 1.165) is 25.9 Å². The molecular formula is C8H17N3. The SMILES string of the molecule is C=C(N)N1CCC(C)(N)CC1. The van der Waals surface area contributed by atoms with Crippen molar-refractivity contribution >= 4 is 0 Å². The van der Waals surface area contributed by atoms with Gasteiger partial charge < -0.3 is 16.4 Å². The fourth-order valence-electron chi connectivity index (χ4n) is 1.30. The van der Waals surface area contributed by atoms with Crippen molar-refractivity contribution in [2.75, 3.05) is 13.1 Å². The smallest absolute Gasteiger partial charge is 0.0912 e. The highest BCUT2D eigenvalue weighted by Gasteiger charge is 2.25. The Morgan fingerprint density at radius 3 is 2.27 bits per heavy atom. The van der Waals surface area contributed by atoms with Gasteiger partial charge in [-0.05, 0) is 19.8 Å². The van der Waals surface area contributed by atoms with Crippen LogP contribution in [0.4, 0.5) is 0 Å². The van der Waals surface area contributed by atoms with Gasteiger partial charge in [0, 0.05) is 18.6 Å². The van der Waals surface area contributed by atoms with E-state index in [1.54, 1.807) is 0 Å². The van der Waals surface area contributed by atoms with Crippen LogP contribution in [0.3, 0.4) is 0 Å². The van der Waals surface area contributed by atoms with Crippen molar-refractivity contribution in [1.29, 1.82) is 0 Å². The van der Waals surface area contributed by atoms with Crippen molar-refractivity contribution in [3.05, 3.63) is 12.4 Å². The summed E-state index contributed by atoms with van der Waals surface area (Å²) in [5.41, 5.74) is 11.5. The van der Waals surface area contributed by atoms with E-state index in [0.29, 0.717) is 5.82 Å². The minimum atomic E-state index is 0.00590. The second-order valence-corrected chi connectivity index (χ2v) is 3.63. The lowest BCUT2D eigenvalue weighted by Crippen LogP contribution is -2.48. The summed E-state index contributed by atoms with van der Waals surface area (Å²) in [7, 11) is 0. The van der Waals surface area contributed by atoms with E-state index in [4.69, 9.17) is 11.5 Å². The third kappa shape index (κ3) is 2.12. The summed E-state index contributed by atoms with van der Waals surface area (Å²) in [6.07, 6.45) is 2.01. The number of piperidine rings is 1. The lowest BCUT2D eigenvalue weighted by Gasteiger charge is -2.37. The number of nitrogens with two attached hydrogens (primary N) is 2. The average Bonchev–Trinajstić information content (AvgIpc) is 1.86. The van der Waals surface area contributed by atoms with E-state index in [1.165, 1.54) is 0 Å². The number of hydrogen-bond donors (Lipinski definition) is 2. The second-order valence-electron chi connectivity index (χ2n) is 3.63. The van der Waals surface area contributed by atoms with Crippen molar-refractivity contribution in [2.24, 2.45) is 11.5 Å². The first-order valence-corrected chi connectivity index (χ1v) is 3.99. The molecule has 1 rings (SSSR count). The van der Waals surface area contributed by atoms with Crippen molar-refractivity contribution in [2.45, 2.75) is 25.3 Å². The van der Waals surface area contributed by atoms with Crippen LogP contribution in [0.15, 0.2) is 12.4 Å². The van der Waals surface area contributed by atoms with Crippen LogP contribution in [-0.4, -0.2) is 23.5 Å². The van der Waals surface area contributed by atoms with Crippen LogP contribution in [0.5, 0.6) is 0 Å². The van der Waals surface area contributed by atoms with Gasteiger partial charge in [-0.2, -0.15) is 0 Å². The fraction of sp³-hybridized carbons (Fsp3) is 0.750. The zero-order valence-corrected chi connectivity index (χ0v) is 7.14. The molecule has 0 aromatic heterocycles. The minimum absolute atomic E-state index is 0.00590. The van der Waals surface area contributed by atoms with Crippen molar-refractivity contribution < 1.29 is 0 Å². The highest BCUT2D eigenvalue weighted by atomic mass is 15.2. The standard InChI is InChI=1S/C8H17N3/c1-7(9)11-5-3-8(2,10)4-6-11/h1,3-6,9-10H2,2H3. The molecule has 1 heterocycles. The summed E-state index contributed by atoms with van der Waals surface area (Å²) in [6, 6.07) is 0. The van der Waals surface area contributed by atoms with E-state index in [-0.39, 0.29) is 5.54 Å². The van der Waals surface area contributed by atoms with Gasteiger partial charge in [0.15, 0.2) is 0 Å². The van der Waals surface area contributed by atoms with Gasteiger partial charge in [-0.3, -0.25) is 0 Å². The first-order chi connectivity index (χ1) is 5.01. The molecule has 3 nitrogen and oxygen atoms in total. The van der Waals surface area contributed by atoms with Gasteiger partial charge >= 0.3 is 0 Å². The van der Waals surface area contributed by atoms with Crippen LogP contribution in [0, 0.1) is 0 Å². The van der Waals surface area contributed by atoms with Crippen molar-refractivity contribution in [3.63, 3.8) is 0 Å². The van der Waals surface area contributed by atoms with Gasteiger partial charge in [-0.15, -0.1) is 0 Å². The molecule has 0 saturated carbocycles. The Kier molecular flexibility index (Phi) is 2.09. The quantitative estimate of drug-likeness (QED) is 0.570. The van der Waals surface area contributed by atoms with Crippen LogP contribution in [-0.2, 0) is 0 Å². The van der Waals surface area contributed by atoms with E-state index >= 15 is 0 Å². The van der Waals surface area contributed by atoms with Gasteiger partial charge in [-0.25, -0.2) is 0 Å². The molecule has 0 amide bonds. The predicted molar refractivity (Wildman–Crippen MR) is 46.7 cm³/mol. The van der Waals surface area contributed by atoms with Crippen molar-refractivity contribution in [3.8, 4) is 0 Å². The van der Waals surface area contributed by atoms with Crippen LogP contribution in [0.2, 0.25) is 0 Å². The summed E-state index contributed by atoms with van der Waals surface area (Å²) in [6.45, 7) is 7.67. The van der Waals surface area contributed by atoms with Crippen LogP contribution in [0.1, 0.15) is 19.8 Å². The molecule has 0 aromatic carbocycles. The summed E-state index contributed by atoms with van der Waals surface area (Å²) >= 11 is 0. The molecular weight excluding hydrogens is 138 g/mol. The van der Waals surface area contributed by atoms with Crippen LogP contribution < -0.4 is 11.5 Å². The van der Waals surface area contributed by atoms with Gasteiger partial charge in [0.2, 0.25) is 0 Å². The van der Waals surface area contributed by atoms with Gasteiger partial charge in [-0.1, -0.05) is 6.58 Å². The molecule has 3 heteroatoms. The monoisotopic (exact) mass is 155 g/mol. The molecule has 0 aliphatic carbocycles. The molecule has 1 fully saturated rings. The maximum atomic E-state index is 5.94. The highest BCUT2D eigenvalue weighted by Crippen LogP contribution is 2.19. The molecule has 4 N–H and O–H groups in total. The van der Waals surface area contributed by atoms with Gasteiger partial charge in [0.25, 0.3) is 0 Å². The van der Waals surface area contributed by atoms with E-state index in [1.807, 2.05) is 0 Å². The first-order valence-electron chi connectivity index (χ1n) is 3.99. The molecule has 0 aromatic rings. The summed E-state index contributed by atoms with van der Waals surface area (Å²) < 4.78 is 0. The lowest BCUT2D eigenvalue weighted by atomic mass is 9.91. The topological polar surface area (TPSA) is 55.3 Å². The number of rotatable bonds is 1. The predicted octanol–water partition coefficient (Wildman–Crippen LogP) is 0.229. The number of nitrogens with zero attached hydrogens (tertiary/aromatic N) is 1. The normalized spacial score (nSPS) is 23.3. The molecule has 1 aliphatic heterocycles. The molecule has 11 heavy (non-hydrogen) atoms. The average molecular weight is 155 g/mol. The number of hydrogen-bond acceptors (Lipinski definition) is 3. The largest absolute Gasteiger partial charge is 0.386 e. The van der Waals surface area contributed by atoms with Gasteiger partial charge in [0.1, 0.15) is 0 Å². The molecule has 0 bridgehead atoms. The Morgan fingerprint density at radius 1 is 1.45 bits per heavy atom. The molecule has 64 valence electrons. The van der Waals surface area contributed by atoms with E-state index < -0.39 is 0 Å². The number of likely N-dealkylation sites (tertiary alicyclic amines) is 1. The molecule has 0 unspecified atom stereocenters. The summed E-state index contributed by atoms with van der Waals surface area (Å²) in [4.78, 5) is 2.08. The Morgan fingerprint density at radius 2 is 1.91 bits per heavy atom. The Hall–Kier alpha value is -0.700. The second kappa shape index (κ2) is 2.74. The lowest BCUT2D eigenvalue weighted by molar-refractivity contribution is 0.209. The maximum absolute atomic E-state index is 5.94. The van der Waals surface area contributed by atoms with E-state index in [2.05, 4.69) is 18.4 Å². The zero-order valence-electron chi connectivity index (χ0n) is 7.14. The Balaban J connectivity index is 2.42. The Bertz CT molecular complexity index is 153. The fourth-order valence-corrected chi connectivity index (χ4v) is 1.30. The molecule has 0 atom stereocenters. The summed E-state index contributed by atoms with van der Waals surface area (Å²) in [5, 5.41) is 0. The first kappa shape index (κ1) is 8.40. The van der Waals surface area contributed by atoms with Gasteiger partial charge in [0.05, 0.1) is 5.82 Å². The molecule has 1 saturated heterocycles. The molecule has 0 spiro atoms. The zero-order chi connectivity index (χ0) is 8.48. The van der Waals surface area contributed by atoms with Crippen LogP contribution in [0.25, 0.3) is 0 Å². The van der Waals surface area contributed by atoms with E-state index in [9.17, 15) is 0 Å². The summed E-state index contributed by atoms with van der Waals surface area (Å²) in [5.74, 6) is 0.667. The Labute approximate surface area is 68.0 Å². The third-order valence-electron chi connectivity index (χ3n) is 2.31.